The Bertz CT molecular complexity index is 1070. The lowest BCUT2D eigenvalue weighted by molar-refractivity contribution is -0.117. The third-order valence-electron chi connectivity index (χ3n) is 7.03. The predicted molar refractivity (Wildman–Crippen MR) is 124 cm³/mol. The minimum Gasteiger partial charge on any atom is -0.368 e. The summed E-state index contributed by atoms with van der Waals surface area (Å²) in [6, 6.07) is 11.2. The van der Waals surface area contributed by atoms with Gasteiger partial charge in [0.25, 0.3) is 5.91 Å². The van der Waals surface area contributed by atoms with Crippen LogP contribution in [0.25, 0.3) is 0 Å². The Morgan fingerprint density at radius 2 is 1.72 bits per heavy atom. The number of hydrogen-bond acceptors (Lipinski definition) is 4. The van der Waals surface area contributed by atoms with Crippen LogP contribution in [0.15, 0.2) is 36.4 Å². The third-order valence-corrected chi connectivity index (χ3v) is 7.03. The van der Waals surface area contributed by atoms with E-state index in [1.165, 1.54) is 6.07 Å². The molecule has 2 amide bonds. The van der Waals surface area contributed by atoms with E-state index >= 15 is 4.39 Å². The van der Waals surface area contributed by atoms with Crippen LogP contribution in [0.1, 0.15) is 35.2 Å². The normalized spacial score (nSPS) is 21.1. The molecule has 0 aliphatic carbocycles. The second kappa shape index (κ2) is 8.20. The Morgan fingerprint density at radius 1 is 0.938 bits per heavy atom. The molecule has 0 N–H and O–H groups in total. The maximum absolute atomic E-state index is 15.0. The second-order valence-electron chi connectivity index (χ2n) is 9.19. The van der Waals surface area contributed by atoms with E-state index < -0.39 is 0 Å². The van der Waals surface area contributed by atoms with Crippen molar-refractivity contribution in [2.24, 2.45) is 0 Å². The molecule has 2 aromatic rings. The summed E-state index contributed by atoms with van der Waals surface area (Å²) in [5.74, 6) is -0.269. The second-order valence-corrected chi connectivity index (χ2v) is 9.19. The van der Waals surface area contributed by atoms with Gasteiger partial charge in [-0.3, -0.25) is 9.59 Å². The summed E-state index contributed by atoms with van der Waals surface area (Å²) in [5.41, 5.74) is 3.63. The number of fused-ring (bicyclic) bond motifs is 1. The van der Waals surface area contributed by atoms with Gasteiger partial charge in [-0.15, -0.1) is 0 Å². The highest BCUT2D eigenvalue weighted by atomic mass is 19.1. The van der Waals surface area contributed by atoms with Crippen LogP contribution in [0.2, 0.25) is 0 Å². The maximum atomic E-state index is 15.0. The zero-order chi connectivity index (χ0) is 22.4. The topological polar surface area (TPSA) is 47.1 Å². The first kappa shape index (κ1) is 20.9. The molecule has 0 saturated carbocycles. The molecule has 2 saturated heterocycles. The number of rotatable bonds is 4. The fourth-order valence-electron chi connectivity index (χ4n) is 5.11. The maximum Gasteiger partial charge on any atom is 0.258 e. The predicted octanol–water partition coefficient (Wildman–Crippen LogP) is 3.30. The molecular formula is C25H29FN4O2. The number of anilines is 3. The van der Waals surface area contributed by atoms with Crippen molar-refractivity contribution in [3.05, 3.63) is 53.3 Å². The van der Waals surface area contributed by atoms with Gasteiger partial charge in [-0.25, -0.2) is 4.39 Å². The first-order valence-corrected chi connectivity index (χ1v) is 11.4. The van der Waals surface area contributed by atoms with Gasteiger partial charge >= 0.3 is 0 Å². The minimum absolute atomic E-state index is 0.119. The van der Waals surface area contributed by atoms with Crippen LogP contribution < -0.4 is 14.7 Å². The van der Waals surface area contributed by atoms with Crippen molar-refractivity contribution < 1.29 is 14.0 Å². The molecule has 0 aromatic heterocycles. The summed E-state index contributed by atoms with van der Waals surface area (Å²) in [6.07, 6.45) is 3.15. The molecule has 7 heteroatoms. The summed E-state index contributed by atoms with van der Waals surface area (Å²) >= 11 is 0. The number of halogens is 1. The van der Waals surface area contributed by atoms with Crippen LogP contribution >= 0.6 is 0 Å². The van der Waals surface area contributed by atoms with Gasteiger partial charge in [0, 0.05) is 55.6 Å². The van der Waals surface area contributed by atoms with Crippen LogP contribution in [0.4, 0.5) is 21.5 Å². The summed E-state index contributed by atoms with van der Waals surface area (Å²) in [7, 11) is 4.11. The summed E-state index contributed by atoms with van der Waals surface area (Å²) in [6.45, 7) is 2.86. The van der Waals surface area contributed by atoms with E-state index in [1.807, 2.05) is 18.2 Å². The molecule has 0 spiro atoms. The zero-order valence-corrected chi connectivity index (χ0v) is 18.7. The molecule has 1 atom stereocenters. The highest BCUT2D eigenvalue weighted by Gasteiger charge is 2.30. The molecule has 32 heavy (non-hydrogen) atoms. The summed E-state index contributed by atoms with van der Waals surface area (Å²) < 4.78 is 15.0. The lowest BCUT2D eigenvalue weighted by Gasteiger charge is -2.30. The molecule has 2 aromatic carbocycles. The molecule has 6 nitrogen and oxygen atoms in total. The van der Waals surface area contributed by atoms with Gasteiger partial charge in [-0.1, -0.05) is 0 Å². The quantitative estimate of drug-likeness (QED) is 0.738. The molecular weight excluding hydrogens is 407 g/mol. The first-order chi connectivity index (χ1) is 15.4. The van der Waals surface area contributed by atoms with Gasteiger partial charge in [-0.2, -0.15) is 0 Å². The van der Waals surface area contributed by atoms with E-state index in [0.29, 0.717) is 42.4 Å². The van der Waals surface area contributed by atoms with Crippen molar-refractivity contribution in [2.45, 2.75) is 31.7 Å². The number of hydrogen-bond donors (Lipinski definition) is 0. The van der Waals surface area contributed by atoms with Crippen LogP contribution in [0.3, 0.4) is 0 Å². The monoisotopic (exact) mass is 436 g/mol. The highest BCUT2D eigenvalue weighted by Crippen LogP contribution is 2.32. The average molecular weight is 437 g/mol. The molecule has 3 heterocycles. The van der Waals surface area contributed by atoms with Crippen molar-refractivity contribution in [1.82, 2.24) is 4.90 Å². The zero-order valence-electron chi connectivity index (χ0n) is 18.7. The molecule has 2 fully saturated rings. The number of carbonyl (C=O) groups excluding carboxylic acids is 2. The van der Waals surface area contributed by atoms with Crippen molar-refractivity contribution in [3.63, 3.8) is 0 Å². The fraction of sp³-hybridized carbons (Fsp3) is 0.440. The molecule has 3 aliphatic rings. The largest absolute Gasteiger partial charge is 0.368 e. The number of carbonyl (C=O) groups is 2. The van der Waals surface area contributed by atoms with Gasteiger partial charge in [0.1, 0.15) is 5.82 Å². The van der Waals surface area contributed by atoms with Crippen LogP contribution in [0, 0.1) is 5.82 Å². The highest BCUT2D eigenvalue weighted by molar-refractivity contribution is 6.08. The average Bonchev–Trinajstić information content (AvgIpc) is 3.43. The van der Waals surface area contributed by atoms with Gasteiger partial charge in [0.05, 0.1) is 5.69 Å². The summed E-state index contributed by atoms with van der Waals surface area (Å²) in [4.78, 5) is 33.0. The standard InChI is InChI=1S/C25H29FN4O2/c1-27(2)20-10-12-28(16-20)23-8-6-19(15-22(23)26)30-13-9-17-14-18(5-7-21(17)25(30)32)29-11-3-4-24(29)31/h5-8,14-15,20H,3-4,9-13,16H2,1-2H3/t20-/m1/s1. The number of benzene rings is 2. The summed E-state index contributed by atoms with van der Waals surface area (Å²) in [5, 5.41) is 0. The molecule has 0 unspecified atom stereocenters. The number of amides is 2. The Hall–Kier alpha value is -2.93. The van der Waals surface area contributed by atoms with Crippen molar-refractivity contribution in [2.75, 3.05) is 55.0 Å². The minimum atomic E-state index is -0.289. The lowest BCUT2D eigenvalue weighted by atomic mass is 9.97. The Balaban J connectivity index is 1.35. The van der Waals surface area contributed by atoms with Gasteiger partial charge < -0.3 is 19.6 Å². The van der Waals surface area contributed by atoms with Gasteiger partial charge in [0.2, 0.25) is 5.91 Å². The van der Waals surface area contributed by atoms with E-state index in [9.17, 15) is 9.59 Å². The van der Waals surface area contributed by atoms with Crippen molar-refractivity contribution in [1.29, 1.82) is 0 Å². The van der Waals surface area contributed by atoms with E-state index in [0.717, 1.165) is 43.7 Å². The third kappa shape index (κ3) is 3.64. The number of likely N-dealkylation sites (N-methyl/N-ethyl adjacent to an activating group) is 1. The molecule has 0 bridgehead atoms. The van der Waals surface area contributed by atoms with E-state index in [4.69, 9.17) is 0 Å². The Morgan fingerprint density at radius 3 is 2.41 bits per heavy atom. The van der Waals surface area contributed by atoms with Gasteiger partial charge in [0.15, 0.2) is 0 Å². The van der Waals surface area contributed by atoms with Crippen molar-refractivity contribution >= 4 is 28.9 Å². The van der Waals surface area contributed by atoms with Crippen molar-refractivity contribution in [3.8, 4) is 0 Å². The first-order valence-electron chi connectivity index (χ1n) is 11.4. The van der Waals surface area contributed by atoms with Crippen LogP contribution in [-0.2, 0) is 11.2 Å². The van der Waals surface area contributed by atoms with Crippen LogP contribution in [0.5, 0.6) is 0 Å². The molecule has 0 radical (unpaired) electrons. The lowest BCUT2D eigenvalue weighted by Crippen LogP contribution is -2.38. The van der Waals surface area contributed by atoms with E-state index in [-0.39, 0.29) is 17.6 Å². The van der Waals surface area contributed by atoms with E-state index in [1.54, 1.807) is 21.9 Å². The molecule has 168 valence electrons. The van der Waals surface area contributed by atoms with Crippen LogP contribution in [-0.4, -0.2) is 63.0 Å². The Labute approximate surface area is 188 Å². The van der Waals surface area contributed by atoms with E-state index in [2.05, 4.69) is 23.9 Å². The molecule has 3 aliphatic heterocycles. The number of nitrogens with zero attached hydrogens (tertiary/aromatic N) is 4. The smallest absolute Gasteiger partial charge is 0.258 e. The van der Waals surface area contributed by atoms with Gasteiger partial charge in [-0.05, 0) is 75.3 Å². The Kier molecular flexibility index (Phi) is 5.37. The molecule has 5 rings (SSSR count). The fourth-order valence-corrected chi connectivity index (χ4v) is 5.11. The SMILES string of the molecule is CN(C)[C@@H]1CCN(c2ccc(N3CCc4cc(N5CCCC5=O)ccc4C3=O)cc2F)C1.